The molecule has 7 heteroatoms. The predicted octanol–water partition coefficient (Wildman–Crippen LogP) is 4.41. The maximum absolute atomic E-state index is 12.4. The second kappa shape index (κ2) is 7.38. The third-order valence-corrected chi connectivity index (χ3v) is 4.76. The van der Waals surface area contributed by atoms with E-state index < -0.39 is 6.04 Å². The maximum Gasteiger partial charge on any atom is 0.277 e. The van der Waals surface area contributed by atoms with Gasteiger partial charge < -0.3 is 20.5 Å². The molecule has 0 aliphatic heterocycles. The molecular formula is C20H17BrN4O2. The van der Waals surface area contributed by atoms with Gasteiger partial charge in [0.1, 0.15) is 6.26 Å². The number of aromatic nitrogens is 2. The summed E-state index contributed by atoms with van der Waals surface area (Å²) in [7, 11) is 0. The number of anilines is 1. The van der Waals surface area contributed by atoms with Crippen LogP contribution in [0.1, 0.15) is 28.0 Å². The number of H-pyrrole nitrogens is 1. The van der Waals surface area contributed by atoms with Crippen molar-refractivity contribution in [1.29, 1.82) is 0 Å². The first-order valence-corrected chi connectivity index (χ1v) is 9.22. The fourth-order valence-corrected chi connectivity index (χ4v) is 3.35. The number of nitrogens with two attached hydrogens (primary N) is 1. The van der Waals surface area contributed by atoms with Crippen LogP contribution in [0.2, 0.25) is 0 Å². The Morgan fingerprint density at radius 3 is 2.96 bits per heavy atom. The van der Waals surface area contributed by atoms with Crippen LogP contribution < -0.4 is 11.1 Å². The van der Waals surface area contributed by atoms with Crippen molar-refractivity contribution in [3.63, 3.8) is 0 Å². The number of hydrogen-bond donors (Lipinski definition) is 3. The zero-order valence-electron chi connectivity index (χ0n) is 14.3. The summed E-state index contributed by atoms with van der Waals surface area (Å²) >= 11 is 3.37. The number of rotatable bonds is 5. The number of nitrogens with zero attached hydrogens (tertiary/aromatic N) is 1. The molecule has 136 valence electrons. The van der Waals surface area contributed by atoms with E-state index in [0.717, 1.165) is 20.9 Å². The van der Waals surface area contributed by atoms with Crippen LogP contribution in [-0.2, 0) is 6.42 Å². The van der Waals surface area contributed by atoms with Gasteiger partial charge in [-0.1, -0.05) is 40.2 Å². The van der Waals surface area contributed by atoms with Gasteiger partial charge in [-0.15, -0.1) is 0 Å². The van der Waals surface area contributed by atoms with Crippen LogP contribution in [0.4, 0.5) is 5.69 Å². The number of para-hydroxylation sites is 1. The minimum Gasteiger partial charge on any atom is -0.446 e. The highest BCUT2D eigenvalue weighted by atomic mass is 79.9. The van der Waals surface area contributed by atoms with Gasteiger partial charge in [-0.3, -0.25) is 4.79 Å². The molecule has 0 bridgehead atoms. The van der Waals surface area contributed by atoms with Gasteiger partial charge in [0.15, 0.2) is 5.69 Å². The molecule has 4 N–H and O–H groups in total. The molecule has 0 spiro atoms. The number of halogens is 1. The lowest BCUT2D eigenvalue weighted by atomic mass is 10.1. The first kappa shape index (κ1) is 17.5. The highest BCUT2D eigenvalue weighted by Gasteiger charge is 2.19. The number of oxazole rings is 1. The predicted molar refractivity (Wildman–Crippen MR) is 108 cm³/mol. The summed E-state index contributed by atoms with van der Waals surface area (Å²) in [4.78, 5) is 19.8. The Bertz CT molecular complexity index is 1100. The Hall–Kier alpha value is -2.90. The van der Waals surface area contributed by atoms with Crippen LogP contribution in [0, 0.1) is 0 Å². The number of hydrogen-bond acceptors (Lipinski definition) is 4. The Kier molecular flexibility index (Phi) is 4.79. The van der Waals surface area contributed by atoms with E-state index in [4.69, 9.17) is 10.2 Å². The van der Waals surface area contributed by atoms with E-state index in [-0.39, 0.29) is 11.6 Å². The number of carbonyl (C=O) groups excluding carboxylic acids is 1. The summed E-state index contributed by atoms with van der Waals surface area (Å²) in [5.41, 5.74) is 9.25. The molecule has 1 atom stereocenters. The average molecular weight is 425 g/mol. The molecule has 0 saturated carbocycles. The van der Waals surface area contributed by atoms with Crippen molar-refractivity contribution in [3.8, 4) is 0 Å². The van der Waals surface area contributed by atoms with Gasteiger partial charge >= 0.3 is 0 Å². The van der Waals surface area contributed by atoms with Crippen LogP contribution >= 0.6 is 15.9 Å². The minimum atomic E-state index is -0.448. The number of fused-ring (bicyclic) bond motifs is 1. The largest absolute Gasteiger partial charge is 0.446 e. The lowest BCUT2D eigenvalue weighted by molar-refractivity contribution is 0.102. The Balaban J connectivity index is 1.47. The van der Waals surface area contributed by atoms with Gasteiger partial charge in [0, 0.05) is 27.3 Å². The summed E-state index contributed by atoms with van der Waals surface area (Å²) in [6, 6.07) is 14.9. The van der Waals surface area contributed by atoms with Gasteiger partial charge in [0.05, 0.1) is 6.04 Å². The quantitative estimate of drug-likeness (QED) is 0.441. The smallest absolute Gasteiger partial charge is 0.277 e. The van der Waals surface area contributed by atoms with Crippen LogP contribution in [0.15, 0.2) is 69.9 Å². The van der Waals surface area contributed by atoms with E-state index in [0.29, 0.717) is 18.0 Å². The molecule has 2 aromatic heterocycles. The molecule has 1 unspecified atom stereocenters. The van der Waals surface area contributed by atoms with E-state index in [9.17, 15) is 4.79 Å². The third-order valence-electron chi connectivity index (χ3n) is 4.27. The van der Waals surface area contributed by atoms with Gasteiger partial charge in [-0.05, 0) is 36.2 Å². The Morgan fingerprint density at radius 2 is 2.11 bits per heavy atom. The molecule has 27 heavy (non-hydrogen) atoms. The van der Waals surface area contributed by atoms with Crippen LogP contribution in [0.5, 0.6) is 0 Å². The lowest BCUT2D eigenvalue weighted by Gasteiger charge is -2.06. The molecule has 6 nitrogen and oxygen atoms in total. The van der Waals surface area contributed by atoms with Gasteiger partial charge in [-0.2, -0.15) is 0 Å². The molecule has 1 amide bonds. The van der Waals surface area contributed by atoms with Crippen LogP contribution in [0.25, 0.3) is 10.9 Å². The van der Waals surface area contributed by atoms with Crippen molar-refractivity contribution in [3.05, 3.63) is 82.6 Å². The highest BCUT2D eigenvalue weighted by molar-refractivity contribution is 9.10. The third kappa shape index (κ3) is 3.79. The van der Waals surface area contributed by atoms with Gasteiger partial charge in [0.2, 0.25) is 5.89 Å². The molecule has 2 aromatic carbocycles. The number of aromatic amines is 1. The van der Waals surface area contributed by atoms with E-state index >= 15 is 0 Å². The van der Waals surface area contributed by atoms with Crippen LogP contribution in [-0.4, -0.2) is 15.9 Å². The number of carbonyl (C=O) groups is 1. The Labute approximate surface area is 163 Å². The monoisotopic (exact) mass is 424 g/mol. The second-order valence-corrected chi connectivity index (χ2v) is 7.12. The van der Waals surface area contributed by atoms with Gasteiger partial charge in [-0.25, -0.2) is 4.98 Å². The standard InChI is InChI=1S/C20H17BrN4O2/c21-13-4-3-5-14(9-13)24-19(26)18-11-27-20(25-18)16(22)8-12-10-23-17-7-2-1-6-15(12)17/h1-7,9-11,16,23H,8,22H2,(H,24,26). The summed E-state index contributed by atoms with van der Waals surface area (Å²) in [5, 5.41) is 3.90. The maximum atomic E-state index is 12.4. The van der Waals surface area contributed by atoms with E-state index in [2.05, 4.69) is 31.2 Å². The summed E-state index contributed by atoms with van der Waals surface area (Å²) in [6.45, 7) is 0. The van der Waals surface area contributed by atoms with Crippen LogP contribution in [0.3, 0.4) is 0 Å². The summed E-state index contributed by atoms with van der Waals surface area (Å²) in [6.07, 6.45) is 3.82. The zero-order chi connectivity index (χ0) is 18.8. The van der Waals surface area contributed by atoms with E-state index in [1.165, 1.54) is 6.26 Å². The molecular weight excluding hydrogens is 408 g/mol. The Morgan fingerprint density at radius 1 is 1.26 bits per heavy atom. The van der Waals surface area contributed by atoms with E-state index in [1.807, 2.05) is 48.7 Å². The van der Waals surface area contributed by atoms with Gasteiger partial charge in [0.25, 0.3) is 5.91 Å². The second-order valence-electron chi connectivity index (χ2n) is 6.21. The number of nitrogens with one attached hydrogen (secondary N) is 2. The zero-order valence-corrected chi connectivity index (χ0v) is 15.9. The molecule has 2 heterocycles. The average Bonchev–Trinajstić information content (AvgIpc) is 3.30. The number of benzene rings is 2. The van der Waals surface area contributed by atoms with Crippen molar-refractivity contribution in [2.75, 3.05) is 5.32 Å². The van der Waals surface area contributed by atoms with Crippen molar-refractivity contribution in [2.45, 2.75) is 12.5 Å². The SMILES string of the molecule is NC(Cc1c[nH]c2ccccc12)c1nc(C(=O)Nc2cccc(Br)c2)co1. The summed E-state index contributed by atoms with van der Waals surface area (Å²) in [5.74, 6) is -0.0120. The molecule has 0 saturated heterocycles. The minimum absolute atomic E-state index is 0.194. The van der Waals surface area contributed by atoms with E-state index in [1.54, 1.807) is 6.07 Å². The topological polar surface area (TPSA) is 96.9 Å². The molecule has 0 radical (unpaired) electrons. The van der Waals surface area contributed by atoms with Crippen molar-refractivity contribution >= 4 is 38.4 Å². The van der Waals surface area contributed by atoms with Crippen molar-refractivity contribution in [1.82, 2.24) is 9.97 Å². The first-order chi connectivity index (χ1) is 13.1. The normalized spacial score (nSPS) is 12.2. The lowest BCUT2D eigenvalue weighted by Crippen LogP contribution is -2.16. The molecule has 0 aliphatic rings. The molecule has 0 aliphatic carbocycles. The van der Waals surface area contributed by atoms with Crippen molar-refractivity contribution in [2.24, 2.45) is 5.73 Å². The summed E-state index contributed by atoms with van der Waals surface area (Å²) < 4.78 is 6.33. The van der Waals surface area contributed by atoms with Crippen molar-refractivity contribution < 1.29 is 9.21 Å². The molecule has 4 aromatic rings. The fraction of sp³-hybridized carbons (Fsp3) is 0.100. The fourth-order valence-electron chi connectivity index (χ4n) is 2.95. The number of amides is 1. The molecule has 4 rings (SSSR count). The highest BCUT2D eigenvalue weighted by Crippen LogP contribution is 2.23. The first-order valence-electron chi connectivity index (χ1n) is 8.43. The molecule has 0 fully saturated rings.